The molecule has 2 heterocycles. The highest BCUT2D eigenvalue weighted by atomic mass is 19.1. The number of pyridine rings is 1. The van der Waals surface area contributed by atoms with E-state index < -0.39 is 5.82 Å². The van der Waals surface area contributed by atoms with Gasteiger partial charge in [-0.3, -0.25) is 4.79 Å². The quantitative estimate of drug-likeness (QED) is 0.446. The molecule has 0 bridgehead atoms. The van der Waals surface area contributed by atoms with Gasteiger partial charge in [0.05, 0.1) is 29.4 Å². The lowest BCUT2D eigenvalue weighted by Crippen LogP contribution is -2.45. The number of rotatable bonds is 3. The molecule has 1 aliphatic rings. The number of nitrogens with zero attached hydrogens (tertiary/aromatic N) is 2. The molecule has 6 heteroatoms. The van der Waals surface area contributed by atoms with Crippen molar-refractivity contribution in [3.8, 4) is 28.3 Å². The van der Waals surface area contributed by atoms with Gasteiger partial charge in [0.15, 0.2) is 5.43 Å². The summed E-state index contributed by atoms with van der Waals surface area (Å²) < 4.78 is 20.5. The highest BCUT2D eigenvalue weighted by molar-refractivity contribution is 5.95. The van der Waals surface area contributed by atoms with Crippen molar-refractivity contribution in [1.82, 2.24) is 4.98 Å². The largest absolute Gasteiger partial charge is 0.372 e. The van der Waals surface area contributed by atoms with Crippen LogP contribution < -0.4 is 10.3 Å². The number of halogens is 1. The van der Waals surface area contributed by atoms with Crippen molar-refractivity contribution in [2.45, 2.75) is 26.1 Å². The minimum Gasteiger partial charge on any atom is -0.372 e. The maximum atomic E-state index is 14.7. The van der Waals surface area contributed by atoms with Gasteiger partial charge in [0.2, 0.25) is 0 Å². The van der Waals surface area contributed by atoms with E-state index in [9.17, 15) is 9.18 Å². The first kappa shape index (κ1) is 21.9. The third kappa shape index (κ3) is 3.95. The molecule has 0 saturated carbocycles. The number of anilines is 1. The molecule has 34 heavy (non-hydrogen) atoms. The summed E-state index contributed by atoms with van der Waals surface area (Å²) in [5, 5.41) is 9.50. The Bertz CT molecular complexity index is 1460. The summed E-state index contributed by atoms with van der Waals surface area (Å²) >= 11 is 0. The molecule has 1 aromatic heterocycles. The van der Waals surface area contributed by atoms with Gasteiger partial charge >= 0.3 is 0 Å². The molecule has 5 rings (SSSR count). The van der Waals surface area contributed by atoms with Crippen molar-refractivity contribution in [3.63, 3.8) is 0 Å². The molecule has 170 valence electrons. The Balaban J connectivity index is 1.52. The van der Waals surface area contributed by atoms with Gasteiger partial charge in [-0.1, -0.05) is 30.3 Å². The highest BCUT2D eigenvalue weighted by Gasteiger charge is 2.22. The smallest absolute Gasteiger partial charge is 0.197 e. The lowest BCUT2D eigenvalue weighted by atomic mass is 9.98. The Morgan fingerprint density at radius 3 is 2.41 bits per heavy atom. The summed E-state index contributed by atoms with van der Waals surface area (Å²) in [5.41, 5.74) is 4.08. The van der Waals surface area contributed by atoms with E-state index in [4.69, 9.17) is 10.00 Å². The molecule has 2 unspecified atom stereocenters. The standard InChI is InChI=1S/C28H24FN3O2/c1-17-15-32(16-18(2)34-17)21-9-7-20(8-10-21)25-14-31-27-23(4-3-5-24(27)28(25)33)22-11-6-19(13-30)12-26(22)29/h3-12,14,17-18H,15-16H2,1-2H3,(H,31,33). The fourth-order valence-corrected chi connectivity index (χ4v) is 4.73. The molecule has 0 radical (unpaired) electrons. The summed E-state index contributed by atoms with van der Waals surface area (Å²) in [4.78, 5) is 18.9. The molecule has 5 nitrogen and oxygen atoms in total. The van der Waals surface area contributed by atoms with Gasteiger partial charge in [0, 0.05) is 47.1 Å². The van der Waals surface area contributed by atoms with Gasteiger partial charge in [-0.05, 0) is 49.7 Å². The second-order valence-corrected chi connectivity index (χ2v) is 8.78. The maximum Gasteiger partial charge on any atom is 0.197 e. The van der Waals surface area contributed by atoms with Gasteiger partial charge in [-0.25, -0.2) is 4.39 Å². The topological polar surface area (TPSA) is 69.1 Å². The molecule has 3 aromatic carbocycles. The number of benzene rings is 3. The van der Waals surface area contributed by atoms with Crippen molar-refractivity contribution in [2.24, 2.45) is 0 Å². The molecular weight excluding hydrogens is 429 g/mol. The molecule has 0 amide bonds. The fourth-order valence-electron chi connectivity index (χ4n) is 4.73. The normalized spacial score (nSPS) is 18.1. The Morgan fingerprint density at radius 2 is 1.74 bits per heavy atom. The first-order valence-corrected chi connectivity index (χ1v) is 11.3. The summed E-state index contributed by atoms with van der Waals surface area (Å²) in [5.74, 6) is -0.501. The molecule has 0 aliphatic carbocycles. The van der Waals surface area contributed by atoms with Gasteiger partial charge in [-0.2, -0.15) is 5.26 Å². The molecule has 1 N–H and O–H groups in total. The van der Waals surface area contributed by atoms with E-state index in [0.29, 0.717) is 27.6 Å². The molecule has 0 spiro atoms. The highest BCUT2D eigenvalue weighted by Crippen LogP contribution is 2.30. The van der Waals surface area contributed by atoms with E-state index in [1.807, 2.05) is 30.3 Å². The molecule has 1 aliphatic heterocycles. The van der Waals surface area contributed by atoms with E-state index in [1.165, 1.54) is 6.07 Å². The number of morpholine rings is 1. The third-order valence-corrected chi connectivity index (χ3v) is 6.27. The van der Waals surface area contributed by atoms with Crippen LogP contribution in [0.15, 0.2) is 71.7 Å². The summed E-state index contributed by atoms with van der Waals surface area (Å²) in [7, 11) is 0. The average molecular weight is 454 g/mol. The fraction of sp³-hybridized carbons (Fsp3) is 0.214. The number of nitriles is 1. The van der Waals surface area contributed by atoms with Crippen LogP contribution in [-0.4, -0.2) is 30.3 Å². The second kappa shape index (κ2) is 8.77. The number of aromatic amines is 1. The zero-order valence-corrected chi connectivity index (χ0v) is 19.0. The summed E-state index contributed by atoms with van der Waals surface area (Å²) in [6, 6.07) is 19.5. The number of hydrogen-bond donors (Lipinski definition) is 1. The van der Waals surface area contributed by atoms with Crippen LogP contribution in [0.4, 0.5) is 10.1 Å². The monoisotopic (exact) mass is 453 g/mol. The van der Waals surface area contributed by atoms with Crippen LogP contribution in [-0.2, 0) is 4.74 Å². The van der Waals surface area contributed by atoms with Crippen LogP contribution in [0.5, 0.6) is 0 Å². The van der Waals surface area contributed by atoms with E-state index >= 15 is 0 Å². The number of hydrogen-bond acceptors (Lipinski definition) is 4. The zero-order valence-electron chi connectivity index (χ0n) is 19.0. The number of nitrogens with one attached hydrogen (secondary N) is 1. The Morgan fingerprint density at radius 1 is 1.00 bits per heavy atom. The number of aromatic nitrogens is 1. The molecular formula is C28H24FN3O2. The van der Waals surface area contributed by atoms with E-state index in [-0.39, 0.29) is 23.2 Å². The third-order valence-electron chi connectivity index (χ3n) is 6.27. The van der Waals surface area contributed by atoms with Gasteiger partial charge in [-0.15, -0.1) is 0 Å². The van der Waals surface area contributed by atoms with Crippen molar-refractivity contribution in [3.05, 3.63) is 88.5 Å². The molecule has 2 atom stereocenters. The molecule has 4 aromatic rings. The van der Waals surface area contributed by atoms with Crippen LogP contribution in [0.3, 0.4) is 0 Å². The van der Waals surface area contributed by atoms with Crippen LogP contribution in [0.25, 0.3) is 33.2 Å². The van der Waals surface area contributed by atoms with Gasteiger partial charge < -0.3 is 14.6 Å². The second-order valence-electron chi connectivity index (χ2n) is 8.78. The van der Waals surface area contributed by atoms with Crippen LogP contribution in [0.1, 0.15) is 19.4 Å². The lowest BCUT2D eigenvalue weighted by Gasteiger charge is -2.36. The predicted molar refractivity (Wildman–Crippen MR) is 132 cm³/mol. The zero-order chi connectivity index (χ0) is 23.8. The lowest BCUT2D eigenvalue weighted by molar-refractivity contribution is -0.00521. The summed E-state index contributed by atoms with van der Waals surface area (Å²) in [6.45, 7) is 5.80. The molecule has 1 fully saturated rings. The first-order valence-electron chi connectivity index (χ1n) is 11.3. The van der Waals surface area contributed by atoms with E-state index in [1.54, 1.807) is 36.5 Å². The van der Waals surface area contributed by atoms with Crippen molar-refractivity contribution in [2.75, 3.05) is 18.0 Å². The van der Waals surface area contributed by atoms with Crippen molar-refractivity contribution >= 4 is 16.6 Å². The predicted octanol–water partition coefficient (Wildman–Crippen LogP) is 5.49. The van der Waals surface area contributed by atoms with Crippen LogP contribution in [0, 0.1) is 17.1 Å². The first-order chi connectivity index (χ1) is 16.4. The van der Waals surface area contributed by atoms with Crippen molar-refractivity contribution < 1.29 is 9.13 Å². The maximum absolute atomic E-state index is 14.7. The number of para-hydroxylation sites is 1. The Hall–Kier alpha value is -3.95. The minimum absolute atomic E-state index is 0.119. The average Bonchev–Trinajstić information content (AvgIpc) is 2.84. The van der Waals surface area contributed by atoms with E-state index in [0.717, 1.165) is 24.3 Å². The van der Waals surface area contributed by atoms with Crippen LogP contribution >= 0.6 is 0 Å². The van der Waals surface area contributed by atoms with Crippen molar-refractivity contribution in [1.29, 1.82) is 5.26 Å². The Labute approximate surface area is 197 Å². The number of fused-ring (bicyclic) bond motifs is 1. The van der Waals surface area contributed by atoms with Gasteiger partial charge in [0.1, 0.15) is 5.82 Å². The molecule has 1 saturated heterocycles. The van der Waals surface area contributed by atoms with Gasteiger partial charge in [0.25, 0.3) is 0 Å². The number of ether oxygens (including phenoxy) is 1. The minimum atomic E-state index is -0.501. The summed E-state index contributed by atoms with van der Waals surface area (Å²) in [6.07, 6.45) is 2.02. The SMILES string of the molecule is CC1CN(c2ccc(-c3c[nH]c4c(-c5ccc(C#N)cc5F)cccc4c3=O)cc2)CC(C)O1. The van der Waals surface area contributed by atoms with E-state index in [2.05, 4.69) is 23.7 Å². The Kier molecular flexibility index (Phi) is 5.64. The van der Waals surface area contributed by atoms with Crippen LogP contribution in [0.2, 0.25) is 0 Å². The number of H-pyrrole nitrogens is 1.